The fraction of sp³-hybridized carbons (Fsp3) is 0.100. The van der Waals surface area contributed by atoms with Gasteiger partial charge in [0.1, 0.15) is 21.3 Å². The molecule has 0 aliphatic carbocycles. The summed E-state index contributed by atoms with van der Waals surface area (Å²) in [4.78, 5) is 24.7. The van der Waals surface area contributed by atoms with Crippen molar-refractivity contribution < 1.29 is 17.9 Å². The molecule has 2 aromatic heterocycles. The topological polar surface area (TPSA) is 86.7 Å². The Kier molecular flexibility index (Phi) is 5.99. The van der Waals surface area contributed by atoms with Gasteiger partial charge in [-0.15, -0.1) is 0 Å². The molecule has 0 fully saturated rings. The molecular weight excluding hydrogens is 592 g/mol. The van der Waals surface area contributed by atoms with Crippen LogP contribution in [0.5, 0.6) is 11.5 Å². The first-order valence-corrected chi connectivity index (χ1v) is 13.2. The zero-order chi connectivity index (χ0) is 22.5. The minimum Gasteiger partial charge on any atom is -0.495 e. The fourth-order valence-corrected chi connectivity index (χ4v) is 7.80. The molecule has 0 saturated carbocycles. The van der Waals surface area contributed by atoms with E-state index < -0.39 is 29.1 Å². The lowest BCUT2D eigenvalue weighted by atomic mass is 10.2. The van der Waals surface area contributed by atoms with Gasteiger partial charge in [0.05, 0.1) is 23.6 Å². The Labute approximate surface area is 201 Å². The van der Waals surface area contributed by atoms with Crippen molar-refractivity contribution in [2.45, 2.75) is 9.79 Å². The van der Waals surface area contributed by atoms with Crippen molar-refractivity contribution in [2.24, 2.45) is 0 Å². The second-order valence-corrected chi connectivity index (χ2v) is 12.0. The maximum atomic E-state index is 13.4. The Morgan fingerprint density at radius 2 is 1.10 bits per heavy atom. The molecule has 0 spiro atoms. The molecule has 0 saturated heterocycles. The molecule has 31 heavy (non-hydrogen) atoms. The van der Waals surface area contributed by atoms with Crippen LogP contribution in [0.3, 0.4) is 0 Å². The molecule has 2 aromatic carbocycles. The van der Waals surface area contributed by atoms with E-state index in [9.17, 15) is 18.0 Å². The molecular formula is C20H12Br2O6S3. The van der Waals surface area contributed by atoms with Gasteiger partial charge in [0.2, 0.25) is 9.84 Å². The summed E-state index contributed by atoms with van der Waals surface area (Å²) in [6, 6.07) is 9.34. The first kappa shape index (κ1) is 22.4. The highest BCUT2D eigenvalue weighted by molar-refractivity contribution is 9.10. The number of benzene rings is 2. The molecule has 160 valence electrons. The zero-order valence-corrected chi connectivity index (χ0v) is 21.5. The number of hydrogen-bond donors (Lipinski definition) is 0. The van der Waals surface area contributed by atoms with Crippen LogP contribution in [0.2, 0.25) is 0 Å². The van der Waals surface area contributed by atoms with Crippen LogP contribution < -0.4 is 19.0 Å². The van der Waals surface area contributed by atoms with Crippen LogP contribution in [0.15, 0.2) is 64.7 Å². The van der Waals surface area contributed by atoms with Crippen LogP contribution in [0, 0.1) is 0 Å². The first-order valence-electron chi connectivity index (χ1n) is 8.53. The molecule has 0 aliphatic heterocycles. The smallest absolute Gasteiger partial charge is 0.252 e. The maximum Gasteiger partial charge on any atom is 0.252 e. The monoisotopic (exact) mass is 602 g/mol. The third-order valence-corrected chi connectivity index (χ3v) is 9.51. The van der Waals surface area contributed by atoms with E-state index in [2.05, 4.69) is 31.9 Å². The minimum atomic E-state index is -4.36. The summed E-state index contributed by atoms with van der Waals surface area (Å²) in [6.07, 6.45) is 0. The van der Waals surface area contributed by atoms with Gasteiger partial charge >= 0.3 is 0 Å². The highest BCUT2D eigenvalue weighted by Gasteiger charge is 2.27. The van der Waals surface area contributed by atoms with Crippen molar-refractivity contribution in [2.75, 3.05) is 14.2 Å². The predicted molar refractivity (Wildman–Crippen MR) is 130 cm³/mol. The molecule has 0 aliphatic rings. The number of methoxy groups -OCH3 is 2. The second-order valence-electron chi connectivity index (χ2n) is 6.35. The van der Waals surface area contributed by atoms with E-state index >= 15 is 0 Å². The summed E-state index contributed by atoms with van der Waals surface area (Å²) in [7, 11) is -1.43. The number of hydrogen-bond acceptors (Lipinski definition) is 8. The summed E-state index contributed by atoms with van der Waals surface area (Å²) in [5, 5.41) is 1.02. The SMILES string of the molecule is COc1cc(Br)cc2cc(S(=O)(=O)c3cc4cc(Br)cc(OC)c4sc3=O)c(=O)sc12. The van der Waals surface area contributed by atoms with Crippen LogP contribution in [-0.2, 0) is 9.84 Å². The van der Waals surface area contributed by atoms with Crippen molar-refractivity contribution in [3.05, 3.63) is 64.4 Å². The van der Waals surface area contributed by atoms with Crippen molar-refractivity contribution in [1.29, 1.82) is 0 Å². The molecule has 0 radical (unpaired) electrons. The zero-order valence-electron chi connectivity index (χ0n) is 15.9. The van der Waals surface area contributed by atoms with E-state index in [1.54, 1.807) is 24.3 Å². The highest BCUT2D eigenvalue weighted by Crippen LogP contribution is 2.35. The Bertz CT molecular complexity index is 1480. The Morgan fingerprint density at radius 3 is 1.45 bits per heavy atom. The molecule has 2 heterocycles. The number of halogens is 2. The van der Waals surface area contributed by atoms with Crippen molar-refractivity contribution in [3.63, 3.8) is 0 Å². The van der Waals surface area contributed by atoms with Crippen molar-refractivity contribution in [1.82, 2.24) is 0 Å². The van der Waals surface area contributed by atoms with Crippen LogP contribution in [0.25, 0.3) is 20.2 Å². The Balaban J connectivity index is 2.01. The summed E-state index contributed by atoms with van der Waals surface area (Å²) < 4.78 is 38.4. The molecule has 0 bridgehead atoms. The van der Waals surface area contributed by atoms with Crippen LogP contribution >= 0.6 is 54.5 Å². The summed E-state index contributed by atoms with van der Waals surface area (Å²) >= 11 is 8.23. The molecule has 0 atom stereocenters. The van der Waals surface area contributed by atoms with E-state index in [1.165, 1.54) is 26.4 Å². The second kappa shape index (κ2) is 8.28. The van der Waals surface area contributed by atoms with Gasteiger partial charge < -0.3 is 9.47 Å². The van der Waals surface area contributed by atoms with Crippen molar-refractivity contribution in [3.8, 4) is 11.5 Å². The van der Waals surface area contributed by atoms with Gasteiger partial charge in [-0.1, -0.05) is 54.5 Å². The lowest BCUT2D eigenvalue weighted by Crippen LogP contribution is -2.18. The predicted octanol–water partition coefficient (Wildman–Crippen LogP) is 5.21. The number of sulfone groups is 1. The van der Waals surface area contributed by atoms with E-state index in [1.807, 2.05) is 0 Å². The van der Waals surface area contributed by atoms with E-state index in [0.29, 0.717) is 40.6 Å². The quantitative estimate of drug-likeness (QED) is 0.318. The first-order chi connectivity index (χ1) is 14.6. The van der Waals surface area contributed by atoms with Crippen molar-refractivity contribution >= 4 is 84.5 Å². The fourth-order valence-electron chi connectivity index (χ4n) is 3.09. The van der Waals surface area contributed by atoms with Crippen LogP contribution in [0.1, 0.15) is 0 Å². The number of rotatable bonds is 4. The van der Waals surface area contributed by atoms with Gasteiger partial charge in [-0.25, -0.2) is 8.42 Å². The molecule has 4 aromatic rings. The Hall–Kier alpha value is -1.79. The van der Waals surface area contributed by atoms with E-state index in [4.69, 9.17) is 9.47 Å². The minimum absolute atomic E-state index is 0.448. The molecule has 11 heteroatoms. The van der Waals surface area contributed by atoms with Gasteiger partial charge in [-0.2, -0.15) is 0 Å². The average molecular weight is 604 g/mol. The third kappa shape index (κ3) is 3.93. The molecule has 6 nitrogen and oxygen atoms in total. The van der Waals surface area contributed by atoms with Gasteiger partial charge in [-0.3, -0.25) is 9.59 Å². The molecule has 0 unspecified atom stereocenters. The van der Waals surface area contributed by atoms with E-state index in [-0.39, 0.29) is 0 Å². The largest absolute Gasteiger partial charge is 0.495 e. The van der Waals surface area contributed by atoms with Crippen LogP contribution in [0.4, 0.5) is 0 Å². The number of fused-ring (bicyclic) bond motifs is 2. The molecule has 0 N–H and O–H groups in total. The highest BCUT2D eigenvalue weighted by atomic mass is 79.9. The van der Waals surface area contributed by atoms with Crippen LogP contribution in [-0.4, -0.2) is 22.6 Å². The lowest BCUT2D eigenvalue weighted by molar-refractivity contribution is 0.420. The maximum absolute atomic E-state index is 13.4. The van der Waals surface area contributed by atoms with Gasteiger partial charge in [0.25, 0.3) is 9.48 Å². The average Bonchev–Trinajstić information content (AvgIpc) is 2.72. The summed E-state index contributed by atoms with van der Waals surface area (Å²) in [5.41, 5.74) is 0. The molecule has 4 rings (SSSR count). The number of ether oxygens (including phenoxy) is 2. The Morgan fingerprint density at radius 1 is 0.710 bits per heavy atom. The van der Waals surface area contributed by atoms with Gasteiger partial charge in [0.15, 0.2) is 0 Å². The standard InChI is InChI=1S/C20H12Br2O6S3/c1-27-13-7-11(21)3-9-5-15(19(23)29-17(9)13)31(25,26)16-6-10-4-12(22)8-14(28-2)18(10)30-20(16)24/h3-8H,1-2H3. The lowest BCUT2D eigenvalue weighted by Gasteiger charge is -2.09. The van der Waals surface area contributed by atoms with E-state index in [0.717, 1.165) is 22.7 Å². The van der Waals surface area contributed by atoms with Gasteiger partial charge in [-0.05, 0) is 47.2 Å². The third-order valence-electron chi connectivity index (χ3n) is 4.48. The summed E-state index contributed by atoms with van der Waals surface area (Å²) in [6.45, 7) is 0. The molecule has 0 amide bonds. The summed E-state index contributed by atoms with van der Waals surface area (Å²) in [5.74, 6) is 0.898. The normalized spacial score (nSPS) is 11.7. The van der Waals surface area contributed by atoms with Gasteiger partial charge in [0, 0.05) is 8.95 Å².